The average molecular weight is 357 g/mol. The van der Waals surface area contributed by atoms with Crippen LogP contribution in [0, 0.1) is 0 Å². The molecule has 0 aromatic heterocycles. The minimum Gasteiger partial charge on any atom is -0.382 e. The Hall–Kier alpha value is -0.460. The largest absolute Gasteiger partial charge is 0.382 e. The first-order valence-corrected chi connectivity index (χ1v) is 10.8. The molecule has 0 amide bonds. The van der Waals surface area contributed by atoms with Gasteiger partial charge in [-0.3, -0.25) is 9.89 Å². The first-order valence-electron chi connectivity index (χ1n) is 9.66. The predicted molar refractivity (Wildman–Crippen MR) is 105 cm³/mol. The molecule has 0 unspecified atom stereocenters. The standard InChI is InChI=1S/C18H36N4OS/c1-3-23-13-7-10-20-17(19-2)21-16-18(8-5-4-6-9-18)22-11-14-24-15-12-22/h3-16H2,1-2H3,(H2,19,20,21). The van der Waals surface area contributed by atoms with Gasteiger partial charge in [0.05, 0.1) is 0 Å². The van der Waals surface area contributed by atoms with Gasteiger partial charge in [-0.25, -0.2) is 0 Å². The van der Waals surface area contributed by atoms with Crippen molar-refractivity contribution in [1.29, 1.82) is 0 Å². The molecular formula is C18H36N4OS. The Morgan fingerprint density at radius 1 is 1.17 bits per heavy atom. The molecule has 0 aromatic carbocycles. The summed E-state index contributed by atoms with van der Waals surface area (Å²) in [4.78, 5) is 7.16. The van der Waals surface area contributed by atoms with Crippen molar-refractivity contribution >= 4 is 17.7 Å². The summed E-state index contributed by atoms with van der Waals surface area (Å²) in [7, 11) is 1.86. The Balaban J connectivity index is 1.82. The van der Waals surface area contributed by atoms with E-state index < -0.39 is 0 Å². The summed E-state index contributed by atoms with van der Waals surface area (Å²) in [5.74, 6) is 3.50. The Labute approximate surface area is 152 Å². The third-order valence-corrected chi connectivity index (χ3v) is 6.18. The Morgan fingerprint density at radius 3 is 2.58 bits per heavy atom. The topological polar surface area (TPSA) is 48.9 Å². The van der Waals surface area contributed by atoms with E-state index in [2.05, 4.69) is 32.3 Å². The van der Waals surface area contributed by atoms with Gasteiger partial charge < -0.3 is 15.4 Å². The van der Waals surface area contributed by atoms with Crippen molar-refractivity contribution in [3.8, 4) is 0 Å². The van der Waals surface area contributed by atoms with Crippen LogP contribution in [0.15, 0.2) is 4.99 Å². The molecule has 0 radical (unpaired) electrons. The normalized spacial score (nSPS) is 22.3. The van der Waals surface area contributed by atoms with Crippen LogP contribution >= 0.6 is 11.8 Å². The number of nitrogens with one attached hydrogen (secondary N) is 2. The molecule has 24 heavy (non-hydrogen) atoms. The maximum atomic E-state index is 5.39. The third kappa shape index (κ3) is 6.12. The number of ether oxygens (including phenoxy) is 1. The second-order valence-corrected chi connectivity index (χ2v) is 8.01. The van der Waals surface area contributed by atoms with Gasteiger partial charge in [0.2, 0.25) is 0 Å². The van der Waals surface area contributed by atoms with Gasteiger partial charge in [0, 0.05) is 63.5 Å². The van der Waals surface area contributed by atoms with Gasteiger partial charge in [-0.15, -0.1) is 0 Å². The molecule has 6 heteroatoms. The second kappa shape index (κ2) is 11.2. The molecule has 140 valence electrons. The number of guanidine groups is 1. The summed E-state index contributed by atoms with van der Waals surface area (Å²) in [6.07, 6.45) is 7.80. The van der Waals surface area contributed by atoms with Crippen molar-refractivity contribution in [2.24, 2.45) is 4.99 Å². The molecule has 1 heterocycles. The predicted octanol–water partition coefficient (Wildman–Crippen LogP) is 2.33. The van der Waals surface area contributed by atoms with Crippen molar-refractivity contribution in [2.75, 3.05) is 57.9 Å². The fourth-order valence-electron chi connectivity index (χ4n) is 3.85. The summed E-state index contributed by atoms with van der Waals surface area (Å²) in [5, 5.41) is 7.04. The van der Waals surface area contributed by atoms with Crippen molar-refractivity contribution < 1.29 is 4.74 Å². The molecular weight excluding hydrogens is 320 g/mol. The monoisotopic (exact) mass is 356 g/mol. The first-order chi connectivity index (χ1) is 11.8. The van der Waals surface area contributed by atoms with Crippen molar-refractivity contribution in [1.82, 2.24) is 15.5 Å². The van der Waals surface area contributed by atoms with Crippen LogP contribution in [0.25, 0.3) is 0 Å². The highest BCUT2D eigenvalue weighted by Gasteiger charge is 2.38. The smallest absolute Gasteiger partial charge is 0.191 e. The SMILES string of the molecule is CCOCCCNC(=NC)NCC1(N2CCSCC2)CCCCC1. The van der Waals surface area contributed by atoms with Crippen LogP contribution in [-0.2, 0) is 4.74 Å². The molecule has 0 aromatic rings. The average Bonchev–Trinajstić information content (AvgIpc) is 2.65. The van der Waals surface area contributed by atoms with Gasteiger partial charge in [-0.05, 0) is 26.2 Å². The number of hydrogen-bond acceptors (Lipinski definition) is 4. The maximum Gasteiger partial charge on any atom is 0.191 e. The zero-order valence-electron chi connectivity index (χ0n) is 15.6. The lowest BCUT2D eigenvalue weighted by atomic mass is 9.80. The van der Waals surface area contributed by atoms with Crippen LogP contribution in [-0.4, -0.2) is 74.3 Å². The van der Waals surface area contributed by atoms with Gasteiger partial charge in [0.1, 0.15) is 0 Å². The van der Waals surface area contributed by atoms with E-state index in [4.69, 9.17) is 4.74 Å². The molecule has 2 fully saturated rings. The highest BCUT2D eigenvalue weighted by Crippen LogP contribution is 2.34. The molecule has 1 aliphatic heterocycles. The van der Waals surface area contributed by atoms with E-state index in [1.54, 1.807) is 0 Å². The molecule has 2 aliphatic rings. The summed E-state index contributed by atoms with van der Waals surface area (Å²) in [6, 6.07) is 0. The number of aliphatic imine (C=N–C) groups is 1. The number of nitrogens with zero attached hydrogens (tertiary/aromatic N) is 2. The molecule has 0 spiro atoms. The maximum absolute atomic E-state index is 5.39. The lowest BCUT2D eigenvalue weighted by molar-refractivity contribution is 0.0626. The quantitative estimate of drug-likeness (QED) is 0.397. The number of rotatable bonds is 8. The van der Waals surface area contributed by atoms with E-state index in [1.807, 2.05) is 14.0 Å². The Bertz CT molecular complexity index is 366. The summed E-state index contributed by atoms with van der Waals surface area (Å²) in [5.41, 5.74) is 0.335. The Morgan fingerprint density at radius 2 is 1.92 bits per heavy atom. The van der Waals surface area contributed by atoms with E-state index in [0.717, 1.165) is 38.7 Å². The second-order valence-electron chi connectivity index (χ2n) is 6.79. The molecule has 2 rings (SSSR count). The van der Waals surface area contributed by atoms with E-state index in [9.17, 15) is 0 Å². The molecule has 1 saturated heterocycles. The fourth-order valence-corrected chi connectivity index (χ4v) is 4.75. The highest BCUT2D eigenvalue weighted by molar-refractivity contribution is 7.99. The molecule has 1 saturated carbocycles. The number of hydrogen-bond donors (Lipinski definition) is 2. The van der Waals surface area contributed by atoms with E-state index in [-0.39, 0.29) is 0 Å². The fraction of sp³-hybridized carbons (Fsp3) is 0.944. The zero-order chi connectivity index (χ0) is 17.1. The van der Waals surface area contributed by atoms with E-state index in [1.165, 1.54) is 56.7 Å². The first kappa shape index (κ1) is 19.9. The van der Waals surface area contributed by atoms with Crippen LogP contribution < -0.4 is 10.6 Å². The summed E-state index contributed by atoms with van der Waals surface area (Å²) < 4.78 is 5.39. The van der Waals surface area contributed by atoms with Gasteiger partial charge in [0.15, 0.2) is 5.96 Å². The lowest BCUT2D eigenvalue weighted by Gasteiger charge is -2.48. The lowest BCUT2D eigenvalue weighted by Crippen LogP contribution is -2.59. The van der Waals surface area contributed by atoms with Crippen molar-refractivity contribution in [2.45, 2.75) is 51.0 Å². The van der Waals surface area contributed by atoms with Gasteiger partial charge in [-0.2, -0.15) is 11.8 Å². The van der Waals surface area contributed by atoms with Crippen molar-refractivity contribution in [3.63, 3.8) is 0 Å². The Kier molecular flexibility index (Phi) is 9.28. The van der Waals surface area contributed by atoms with Crippen molar-refractivity contribution in [3.05, 3.63) is 0 Å². The summed E-state index contributed by atoms with van der Waals surface area (Å²) >= 11 is 2.10. The van der Waals surface area contributed by atoms with Gasteiger partial charge in [-0.1, -0.05) is 19.3 Å². The highest BCUT2D eigenvalue weighted by atomic mass is 32.2. The van der Waals surface area contributed by atoms with Crippen LogP contribution in [0.2, 0.25) is 0 Å². The molecule has 1 aliphatic carbocycles. The summed E-state index contributed by atoms with van der Waals surface area (Å²) in [6.45, 7) is 8.06. The molecule has 2 N–H and O–H groups in total. The van der Waals surface area contributed by atoms with Gasteiger partial charge >= 0.3 is 0 Å². The van der Waals surface area contributed by atoms with Crippen LogP contribution in [0.3, 0.4) is 0 Å². The molecule has 0 bridgehead atoms. The molecule has 5 nitrogen and oxygen atoms in total. The minimum absolute atomic E-state index is 0.335. The van der Waals surface area contributed by atoms with Gasteiger partial charge in [0.25, 0.3) is 0 Å². The molecule has 0 atom stereocenters. The third-order valence-electron chi connectivity index (χ3n) is 5.24. The van der Waals surface area contributed by atoms with Crippen LogP contribution in [0.4, 0.5) is 0 Å². The minimum atomic E-state index is 0.335. The zero-order valence-corrected chi connectivity index (χ0v) is 16.4. The van der Waals surface area contributed by atoms with Crippen LogP contribution in [0.1, 0.15) is 45.4 Å². The van der Waals surface area contributed by atoms with E-state index >= 15 is 0 Å². The van der Waals surface area contributed by atoms with E-state index in [0.29, 0.717) is 5.54 Å². The number of thioether (sulfide) groups is 1. The van der Waals surface area contributed by atoms with Crippen LogP contribution in [0.5, 0.6) is 0 Å².